The topological polar surface area (TPSA) is 0 Å². The molecule has 0 radical (unpaired) electrons. The van der Waals surface area contributed by atoms with Crippen LogP contribution in [0.2, 0.25) is 17.7 Å². The Labute approximate surface area is 187 Å². The summed E-state index contributed by atoms with van der Waals surface area (Å²) < 4.78 is 8.24. The number of benzene rings is 2. The Balaban J connectivity index is 1.63. The van der Waals surface area contributed by atoms with Crippen LogP contribution in [-0.4, -0.2) is 34.5 Å². The van der Waals surface area contributed by atoms with E-state index in [4.69, 9.17) is 17.8 Å². The molecule has 0 nitrogen and oxygen atoms in total. The van der Waals surface area contributed by atoms with Crippen molar-refractivity contribution in [2.75, 3.05) is 0 Å². The molecular weight excluding hydrogens is 597 g/mol. The quantitative estimate of drug-likeness (QED) is 0.306. The van der Waals surface area contributed by atoms with E-state index in [1.165, 1.54) is 76.3 Å². The monoisotopic (exact) mass is 632 g/mol. The number of halogens is 2. The maximum absolute atomic E-state index is 7.40. The van der Waals surface area contributed by atoms with Crippen molar-refractivity contribution in [1.29, 1.82) is 0 Å². The average Bonchev–Trinajstić information content (AvgIpc) is 2.74. The van der Waals surface area contributed by atoms with Crippen LogP contribution in [0.15, 0.2) is 60.7 Å². The third kappa shape index (κ3) is 6.82. The fourth-order valence-corrected chi connectivity index (χ4v) is 28.4. The van der Waals surface area contributed by atoms with Crippen molar-refractivity contribution in [2.45, 2.75) is 69.1 Å². The van der Waals surface area contributed by atoms with Crippen LogP contribution in [0.25, 0.3) is 0 Å². The molecule has 2 aromatic carbocycles. The first-order chi connectivity index (χ1) is 13.6. The second-order valence-electron chi connectivity index (χ2n) is 8.49. The van der Waals surface area contributed by atoms with Crippen molar-refractivity contribution in [3.05, 3.63) is 60.7 Å². The van der Waals surface area contributed by atoms with Gasteiger partial charge < -0.3 is 0 Å². The maximum atomic E-state index is 7.40. The van der Waals surface area contributed by atoms with Gasteiger partial charge in [0.15, 0.2) is 0 Å². The molecule has 0 saturated carbocycles. The summed E-state index contributed by atoms with van der Waals surface area (Å²) in [6.45, 7) is 0. The van der Waals surface area contributed by atoms with Gasteiger partial charge in [0.05, 0.1) is 0 Å². The summed E-state index contributed by atoms with van der Waals surface area (Å²) in [4.78, 5) is 0. The van der Waals surface area contributed by atoms with Gasteiger partial charge in [0.2, 0.25) is 0 Å². The van der Waals surface area contributed by atoms with E-state index in [0.717, 1.165) is 0 Å². The SMILES string of the molecule is [Cl][Sn]1([c]2ccccc2)[CH2]CCCC[CH2][Sn]([Cl])([c]2ccccc2)[CH2]CCCC[CH2]1. The van der Waals surface area contributed by atoms with Crippen LogP contribution in [-0.2, 0) is 0 Å². The Kier molecular flexibility index (Phi) is 9.86. The van der Waals surface area contributed by atoms with E-state index in [1.54, 1.807) is 0 Å². The van der Waals surface area contributed by atoms with Gasteiger partial charge in [-0.25, -0.2) is 0 Å². The molecule has 0 unspecified atom stereocenters. The summed E-state index contributed by atoms with van der Waals surface area (Å²) in [5, 5.41) is 0. The van der Waals surface area contributed by atoms with E-state index in [9.17, 15) is 0 Å². The van der Waals surface area contributed by atoms with Crippen molar-refractivity contribution >= 4 is 59.5 Å². The molecule has 0 amide bonds. The molecule has 1 heterocycles. The summed E-state index contributed by atoms with van der Waals surface area (Å²) in [5.41, 5.74) is 0. The van der Waals surface area contributed by atoms with Crippen molar-refractivity contribution in [2.24, 2.45) is 0 Å². The third-order valence-corrected chi connectivity index (χ3v) is 35.3. The van der Waals surface area contributed by atoms with E-state index in [2.05, 4.69) is 60.7 Å². The van der Waals surface area contributed by atoms with Crippen LogP contribution in [0, 0.1) is 0 Å². The minimum absolute atomic E-state index is 1.30. The summed E-state index contributed by atoms with van der Waals surface area (Å²) in [6.07, 6.45) is 10.5. The number of rotatable bonds is 2. The predicted octanol–water partition coefficient (Wildman–Crippen LogP) is 7.30. The number of hydrogen-bond donors (Lipinski definition) is 0. The first-order valence-electron chi connectivity index (χ1n) is 11.1. The van der Waals surface area contributed by atoms with Crippen molar-refractivity contribution in [3.63, 3.8) is 0 Å². The van der Waals surface area contributed by atoms with E-state index >= 15 is 0 Å². The summed E-state index contributed by atoms with van der Waals surface area (Å²) in [6, 6.07) is 22.2. The van der Waals surface area contributed by atoms with Gasteiger partial charge in [-0.2, -0.15) is 0 Å². The zero-order chi connectivity index (χ0) is 19.7. The molecule has 4 heteroatoms. The molecule has 0 N–H and O–H groups in total. The van der Waals surface area contributed by atoms with E-state index in [-0.39, 0.29) is 0 Å². The van der Waals surface area contributed by atoms with Crippen LogP contribution in [0.5, 0.6) is 0 Å². The predicted molar refractivity (Wildman–Crippen MR) is 132 cm³/mol. The first kappa shape index (κ1) is 23.3. The van der Waals surface area contributed by atoms with Crippen LogP contribution in [0.1, 0.15) is 51.4 Å². The number of hydrogen-bond acceptors (Lipinski definition) is 0. The van der Waals surface area contributed by atoms with Gasteiger partial charge in [0.1, 0.15) is 0 Å². The molecule has 0 bridgehead atoms. The molecule has 152 valence electrons. The van der Waals surface area contributed by atoms with Crippen LogP contribution >= 0.6 is 17.8 Å². The molecule has 0 spiro atoms. The van der Waals surface area contributed by atoms with Crippen molar-refractivity contribution in [1.82, 2.24) is 0 Å². The third-order valence-electron chi connectivity index (χ3n) is 6.37. The minimum atomic E-state index is -2.69. The Morgan fingerprint density at radius 3 is 1.00 bits per heavy atom. The molecule has 28 heavy (non-hydrogen) atoms. The van der Waals surface area contributed by atoms with Crippen molar-refractivity contribution < 1.29 is 0 Å². The Morgan fingerprint density at radius 1 is 0.429 bits per heavy atom. The molecular formula is C24H34Cl2Sn2. The van der Waals surface area contributed by atoms with Gasteiger partial charge in [-0.05, 0) is 0 Å². The molecule has 1 saturated heterocycles. The van der Waals surface area contributed by atoms with Gasteiger partial charge in [-0.1, -0.05) is 0 Å². The van der Waals surface area contributed by atoms with Gasteiger partial charge in [0, 0.05) is 0 Å². The Bertz CT molecular complexity index is 613. The molecule has 0 aromatic heterocycles. The van der Waals surface area contributed by atoms with Gasteiger partial charge >= 0.3 is 189 Å². The zero-order valence-corrected chi connectivity index (χ0v) is 24.2. The standard InChI is InChI=1S/2C6H5.2C6H12.2ClH.2Sn/c2*1-2-4-6-5-3-1;2*1-3-5-6-4-2;;;;/h2*1-5H;2*1-6H2;2*1H;;/q;;;;;;2*+1/p-2. The zero-order valence-electron chi connectivity index (χ0n) is 17.0. The fourth-order valence-electron chi connectivity index (χ4n) is 4.63. The molecule has 1 aliphatic heterocycles. The van der Waals surface area contributed by atoms with Crippen molar-refractivity contribution in [3.8, 4) is 0 Å². The molecule has 1 aliphatic rings. The van der Waals surface area contributed by atoms with Crippen LogP contribution in [0.3, 0.4) is 0 Å². The first-order valence-corrected chi connectivity index (χ1v) is 29.3. The van der Waals surface area contributed by atoms with Gasteiger partial charge in [0.25, 0.3) is 0 Å². The summed E-state index contributed by atoms with van der Waals surface area (Å²) in [7, 11) is 14.8. The van der Waals surface area contributed by atoms with E-state index in [0.29, 0.717) is 0 Å². The Hall–Kier alpha value is 0.617. The molecule has 3 rings (SSSR count). The molecule has 1 fully saturated rings. The fraction of sp³-hybridized carbons (Fsp3) is 0.500. The average molecular weight is 631 g/mol. The molecule has 0 atom stereocenters. The van der Waals surface area contributed by atoms with E-state index in [1.807, 2.05) is 0 Å². The van der Waals surface area contributed by atoms with Gasteiger partial charge in [-0.3, -0.25) is 0 Å². The molecule has 2 aromatic rings. The second-order valence-corrected chi connectivity index (χ2v) is 38.2. The normalized spacial score (nSPS) is 28.4. The van der Waals surface area contributed by atoms with Crippen LogP contribution in [0.4, 0.5) is 0 Å². The summed E-state index contributed by atoms with van der Waals surface area (Å²) >= 11 is -5.38. The van der Waals surface area contributed by atoms with Gasteiger partial charge in [-0.15, -0.1) is 0 Å². The summed E-state index contributed by atoms with van der Waals surface area (Å²) in [5.74, 6) is 0. The van der Waals surface area contributed by atoms with E-state index < -0.39 is 34.5 Å². The van der Waals surface area contributed by atoms with Crippen LogP contribution < -0.4 is 7.16 Å². The molecule has 0 aliphatic carbocycles. The second kappa shape index (κ2) is 11.9. The Morgan fingerprint density at radius 2 is 0.714 bits per heavy atom.